The van der Waals surface area contributed by atoms with Gasteiger partial charge in [-0.1, -0.05) is 98.1 Å². The number of aryl methyl sites for hydroxylation is 2. The van der Waals surface area contributed by atoms with E-state index < -0.39 is 17.9 Å². The number of para-hydroxylation sites is 2. The second-order valence-corrected chi connectivity index (χ2v) is 10.3. The number of hydrogen-bond donors (Lipinski definition) is 1. The molecule has 0 amide bonds. The number of carboxylic acid groups (broad SMARTS) is 1. The van der Waals surface area contributed by atoms with Gasteiger partial charge >= 0.3 is 17.9 Å². The number of ether oxygens (including phenoxy) is 3. The van der Waals surface area contributed by atoms with Crippen molar-refractivity contribution in [2.45, 2.75) is 47.0 Å². The van der Waals surface area contributed by atoms with E-state index >= 15 is 0 Å². The van der Waals surface area contributed by atoms with Gasteiger partial charge in [-0.05, 0) is 79.6 Å². The maximum absolute atomic E-state index is 12.0. The van der Waals surface area contributed by atoms with Crippen LogP contribution in [0, 0.1) is 13.8 Å². The summed E-state index contributed by atoms with van der Waals surface area (Å²) in [5, 5.41) is 7.89. The molecule has 0 radical (unpaired) electrons. The summed E-state index contributed by atoms with van der Waals surface area (Å²) in [5.41, 5.74) is 8.01. The molecule has 1 N–H and O–H groups in total. The van der Waals surface area contributed by atoms with Crippen molar-refractivity contribution in [1.82, 2.24) is 0 Å². The summed E-state index contributed by atoms with van der Waals surface area (Å²) in [4.78, 5) is 21.6. The van der Waals surface area contributed by atoms with Gasteiger partial charge in [0.05, 0.1) is 6.92 Å². The van der Waals surface area contributed by atoms with Crippen molar-refractivity contribution < 1.29 is 28.9 Å². The molecule has 0 bridgehead atoms. The average molecular weight is 579 g/mol. The third-order valence-electron chi connectivity index (χ3n) is 6.48. The van der Waals surface area contributed by atoms with E-state index in [1.807, 2.05) is 50.2 Å². The highest BCUT2D eigenvalue weighted by Gasteiger charge is 2.35. The van der Waals surface area contributed by atoms with E-state index in [0.29, 0.717) is 11.5 Å². The number of hydrogen-bond acceptors (Lipinski definition) is 5. The number of esters is 1. The van der Waals surface area contributed by atoms with Crippen LogP contribution in [-0.2, 0) is 20.7 Å². The summed E-state index contributed by atoms with van der Waals surface area (Å²) in [6, 6.07) is 32.2. The molecule has 0 saturated carbocycles. The minimum Gasteiger partial charge on any atom is -0.478 e. The monoisotopic (exact) mass is 578 g/mol. The van der Waals surface area contributed by atoms with Gasteiger partial charge in [-0.15, -0.1) is 0 Å². The first-order valence-electron chi connectivity index (χ1n) is 13.8. The van der Waals surface area contributed by atoms with Crippen molar-refractivity contribution in [3.63, 3.8) is 0 Å². The second-order valence-electron chi connectivity index (χ2n) is 10.3. The molecule has 0 fully saturated rings. The van der Waals surface area contributed by atoms with Crippen LogP contribution in [0.15, 0.2) is 121 Å². The summed E-state index contributed by atoms with van der Waals surface area (Å²) in [5.74, 6) is -1.99. The van der Waals surface area contributed by atoms with Crippen LogP contribution in [0.25, 0.3) is 11.1 Å². The molecule has 0 aromatic heterocycles. The van der Waals surface area contributed by atoms with Crippen LogP contribution in [0.4, 0.5) is 0 Å². The first-order chi connectivity index (χ1) is 20.4. The van der Waals surface area contributed by atoms with E-state index in [4.69, 9.17) is 19.3 Å². The van der Waals surface area contributed by atoms with E-state index in [1.54, 1.807) is 26.0 Å². The molecule has 0 spiro atoms. The van der Waals surface area contributed by atoms with Crippen LogP contribution in [-0.4, -0.2) is 23.0 Å². The Bertz CT molecular complexity index is 1510. The normalized spacial score (nSPS) is 10.8. The Balaban J connectivity index is 0.000000219. The molecular weight excluding hydrogens is 540 g/mol. The smallest absolute Gasteiger partial charge is 0.416 e. The van der Waals surface area contributed by atoms with Crippen molar-refractivity contribution in [1.29, 1.82) is 0 Å². The topological polar surface area (TPSA) is 82.1 Å². The van der Waals surface area contributed by atoms with Crippen LogP contribution < -0.4 is 9.47 Å². The van der Waals surface area contributed by atoms with Gasteiger partial charge in [0.15, 0.2) is 0 Å². The second kappa shape index (κ2) is 14.7. The first-order valence-corrected chi connectivity index (χ1v) is 13.8. The van der Waals surface area contributed by atoms with E-state index in [2.05, 4.69) is 61.7 Å². The largest absolute Gasteiger partial charge is 0.478 e. The number of carboxylic acids is 1. The standard InChI is InChI=1S/C20H22O4.C13H10.C4H6O2/c1-14(2)19(21)24-20(5,22-17-12-8-6-10-15(17)3)23-18-13-9-7-11-16(18)4;1-3-7-12-10(5-1)9-11-6-2-4-8-13(11)12;1-3(2)4(5)6/h6-13H,1H2,2-5H3;1-8H,9H2;1H2,2H3,(H,5,6). The summed E-state index contributed by atoms with van der Waals surface area (Å²) in [6.45, 7) is 15.2. The third kappa shape index (κ3) is 9.20. The van der Waals surface area contributed by atoms with Crippen molar-refractivity contribution in [2.75, 3.05) is 0 Å². The third-order valence-corrected chi connectivity index (χ3v) is 6.48. The van der Waals surface area contributed by atoms with E-state index in [-0.39, 0.29) is 11.1 Å². The molecule has 0 saturated heterocycles. The Hall–Kier alpha value is -5.10. The van der Waals surface area contributed by atoms with Gasteiger partial charge in [-0.2, -0.15) is 0 Å². The summed E-state index contributed by atoms with van der Waals surface area (Å²) in [7, 11) is 0. The highest BCUT2D eigenvalue weighted by molar-refractivity contribution is 5.87. The summed E-state index contributed by atoms with van der Waals surface area (Å²) >= 11 is 0. The highest BCUT2D eigenvalue weighted by atomic mass is 16.9. The molecule has 6 heteroatoms. The number of carbonyl (C=O) groups is 2. The first kappa shape index (κ1) is 32.4. The van der Waals surface area contributed by atoms with Gasteiger partial charge in [-0.25, -0.2) is 9.59 Å². The zero-order valence-corrected chi connectivity index (χ0v) is 25.3. The Labute approximate surface area is 253 Å². The molecule has 4 aromatic carbocycles. The summed E-state index contributed by atoms with van der Waals surface area (Å²) < 4.78 is 17.2. The Morgan fingerprint density at radius 3 is 1.42 bits per heavy atom. The molecule has 6 nitrogen and oxygen atoms in total. The molecule has 0 heterocycles. The Morgan fingerprint density at radius 1 is 0.674 bits per heavy atom. The van der Waals surface area contributed by atoms with E-state index in [1.165, 1.54) is 29.2 Å². The maximum Gasteiger partial charge on any atom is 0.416 e. The Morgan fingerprint density at radius 2 is 1.05 bits per heavy atom. The number of carbonyl (C=O) groups excluding carboxylic acids is 1. The van der Waals surface area contributed by atoms with Gasteiger partial charge in [-0.3, -0.25) is 0 Å². The van der Waals surface area contributed by atoms with Crippen molar-refractivity contribution >= 4 is 11.9 Å². The molecule has 43 heavy (non-hydrogen) atoms. The van der Waals surface area contributed by atoms with E-state index in [9.17, 15) is 9.59 Å². The lowest BCUT2D eigenvalue weighted by molar-refractivity contribution is -0.272. The van der Waals surface area contributed by atoms with Crippen LogP contribution in [0.1, 0.15) is 43.0 Å². The minimum atomic E-state index is -1.62. The number of rotatable bonds is 7. The van der Waals surface area contributed by atoms with Crippen molar-refractivity contribution in [3.05, 3.63) is 144 Å². The molecule has 4 aromatic rings. The highest BCUT2D eigenvalue weighted by Crippen LogP contribution is 2.35. The molecule has 1 aliphatic carbocycles. The number of fused-ring (bicyclic) bond motifs is 3. The predicted octanol–water partition coefficient (Wildman–Crippen LogP) is 8.46. The quantitative estimate of drug-likeness (QED) is 0.119. The predicted molar refractivity (Wildman–Crippen MR) is 170 cm³/mol. The zero-order chi connectivity index (χ0) is 31.6. The fourth-order valence-corrected chi connectivity index (χ4v) is 4.14. The molecule has 0 atom stereocenters. The van der Waals surface area contributed by atoms with Gasteiger partial charge in [0.1, 0.15) is 11.5 Å². The molecule has 222 valence electrons. The van der Waals surface area contributed by atoms with Crippen LogP contribution in [0.2, 0.25) is 0 Å². The zero-order valence-electron chi connectivity index (χ0n) is 25.3. The lowest BCUT2D eigenvalue weighted by atomic mass is 10.1. The Kier molecular flexibility index (Phi) is 11.1. The molecule has 0 aliphatic heterocycles. The molecule has 1 aliphatic rings. The van der Waals surface area contributed by atoms with Gasteiger partial charge in [0, 0.05) is 11.1 Å². The van der Waals surface area contributed by atoms with Gasteiger partial charge in [0.25, 0.3) is 0 Å². The lowest BCUT2D eigenvalue weighted by Crippen LogP contribution is -2.44. The fraction of sp³-hybridized carbons (Fsp3) is 0.189. The van der Waals surface area contributed by atoms with Crippen LogP contribution in [0.3, 0.4) is 0 Å². The van der Waals surface area contributed by atoms with E-state index in [0.717, 1.165) is 17.5 Å². The average Bonchev–Trinajstić information content (AvgIpc) is 3.35. The minimum absolute atomic E-state index is 0.176. The molecular formula is C37H38O6. The van der Waals surface area contributed by atoms with Crippen molar-refractivity contribution in [3.8, 4) is 22.6 Å². The SMILES string of the molecule is C=C(C)C(=O)O.C=C(C)C(=O)OC(C)(Oc1ccccc1C)Oc1ccccc1C.c1ccc2c(c1)Cc1ccccc1-2. The van der Waals surface area contributed by atoms with Crippen molar-refractivity contribution in [2.24, 2.45) is 0 Å². The van der Waals surface area contributed by atoms with Crippen LogP contribution >= 0.6 is 0 Å². The molecule has 0 unspecified atom stereocenters. The lowest BCUT2D eigenvalue weighted by Gasteiger charge is -2.31. The summed E-state index contributed by atoms with van der Waals surface area (Å²) in [6.07, 6.45) is 1.10. The number of benzene rings is 4. The van der Waals surface area contributed by atoms with Gasteiger partial charge in [0.2, 0.25) is 0 Å². The number of aliphatic carboxylic acids is 1. The maximum atomic E-state index is 12.0. The fourth-order valence-electron chi connectivity index (χ4n) is 4.14. The van der Waals surface area contributed by atoms with Crippen LogP contribution in [0.5, 0.6) is 11.5 Å². The van der Waals surface area contributed by atoms with Gasteiger partial charge < -0.3 is 19.3 Å². The molecule has 5 rings (SSSR count).